The summed E-state index contributed by atoms with van der Waals surface area (Å²) in [7, 11) is 4.19. The minimum Gasteiger partial charge on any atom is -0.434 e. The monoisotopic (exact) mass is 298 g/mol. The third-order valence-electron chi connectivity index (χ3n) is 4.57. The highest BCUT2D eigenvalue weighted by atomic mass is 19.3. The molecule has 2 rings (SSSR count). The van der Waals surface area contributed by atoms with Gasteiger partial charge in [0.15, 0.2) is 0 Å². The molecule has 21 heavy (non-hydrogen) atoms. The molecule has 0 aliphatic heterocycles. The molecular weight excluding hydrogens is 274 g/mol. The maximum atomic E-state index is 12.5. The summed E-state index contributed by atoms with van der Waals surface area (Å²) < 4.78 is 29.5. The largest absolute Gasteiger partial charge is 0.434 e. The van der Waals surface area contributed by atoms with Crippen molar-refractivity contribution in [1.82, 2.24) is 10.2 Å². The van der Waals surface area contributed by atoms with Crippen molar-refractivity contribution in [3.8, 4) is 5.75 Å². The van der Waals surface area contributed by atoms with Crippen molar-refractivity contribution >= 4 is 0 Å². The van der Waals surface area contributed by atoms with Crippen molar-refractivity contribution in [3.05, 3.63) is 29.8 Å². The van der Waals surface area contributed by atoms with Crippen LogP contribution in [0.3, 0.4) is 0 Å². The molecule has 5 heteroatoms. The van der Waals surface area contributed by atoms with Crippen LogP contribution in [-0.4, -0.2) is 37.7 Å². The van der Waals surface area contributed by atoms with Gasteiger partial charge in [-0.2, -0.15) is 8.78 Å². The number of rotatable bonds is 7. The fourth-order valence-electron chi connectivity index (χ4n) is 2.86. The van der Waals surface area contributed by atoms with Crippen LogP contribution in [0, 0.1) is 0 Å². The second-order valence-electron chi connectivity index (χ2n) is 5.99. The van der Waals surface area contributed by atoms with Gasteiger partial charge in [0.1, 0.15) is 5.75 Å². The molecule has 0 amide bonds. The van der Waals surface area contributed by atoms with Crippen LogP contribution in [-0.2, 0) is 0 Å². The molecule has 1 aliphatic carbocycles. The third kappa shape index (κ3) is 3.71. The number of nitrogens with one attached hydrogen (secondary N) is 1. The highest BCUT2D eigenvalue weighted by Gasteiger charge is 2.38. The van der Waals surface area contributed by atoms with Crippen LogP contribution in [0.5, 0.6) is 5.75 Å². The summed E-state index contributed by atoms with van der Waals surface area (Å²) in [6.07, 6.45) is 3.60. The van der Waals surface area contributed by atoms with Crippen molar-refractivity contribution in [1.29, 1.82) is 0 Å². The number of hydrogen-bond donors (Lipinski definition) is 1. The Hall–Kier alpha value is -1.20. The van der Waals surface area contributed by atoms with E-state index in [-0.39, 0.29) is 17.3 Å². The zero-order chi connectivity index (χ0) is 15.5. The van der Waals surface area contributed by atoms with Gasteiger partial charge in [0.25, 0.3) is 0 Å². The van der Waals surface area contributed by atoms with Crippen molar-refractivity contribution in [2.45, 2.75) is 44.4 Å². The van der Waals surface area contributed by atoms with E-state index in [4.69, 9.17) is 0 Å². The third-order valence-corrected chi connectivity index (χ3v) is 4.57. The number of ether oxygens (including phenoxy) is 1. The van der Waals surface area contributed by atoms with Gasteiger partial charge in [0.2, 0.25) is 0 Å². The van der Waals surface area contributed by atoms with E-state index in [2.05, 4.69) is 29.0 Å². The quantitative estimate of drug-likeness (QED) is 0.835. The van der Waals surface area contributed by atoms with E-state index in [1.165, 1.54) is 19.3 Å². The predicted molar refractivity (Wildman–Crippen MR) is 79.8 cm³/mol. The molecule has 1 saturated carbocycles. The summed E-state index contributed by atoms with van der Waals surface area (Å²) in [5.41, 5.74) is 0.971. The Morgan fingerprint density at radius 3 is 2.48 bits per heavy atom. The highest BCUT2D eigenvalue weighted by molar-refractivity contribution is 5.35. The first-order chi connectivity index (χ1) is 9.94. The molecular formula is C16H24F2N2O. The Bertz CT molecular complexity index is 461. The van der Waals surface area contributed by atoms with Crippen molar-refractivity contribution < 1.29 is 13.5 Å². The number of hydrogen-bond acceptors (Lipinski definition) is 3. The zero-order valence-corrected chi connectivity index (χ0v) is 12.9. The van der Waals surface area contributed by atoms with Crippen molar-refractivity contribution in [3.63, 3.8) is 0 Å². The Balaban J connectivity index is 2.02. The molecule has 1 atom stereocenters. The molecule has 0 aromatic heterocycles. The fraction of sp³-hybridized carbons (Fsp3) is 0.625. The van der Waals surface area contributed by atoms with Crippen molar-refractivity contribution in [2.24, 2.45) is 0 Å². The molecule has 0 radical (unpaired) electrons. The van der Waals surface area contributed by atoms with Crippen LogP contribution in [0.15, 0.2) is 24.3 Å². The topological polar surface area (TPSA) is 24.5 Å². The fourth-order valence-corrected chi connectivity index (χ4v) is 2.86. The maximum absolute atomic E-state index is 12.5. The standard InChI is InChI=1S/C16H24F2N2O/c1-12(19-11-16(20(2)3)9-6-10-16)13-7-4-5-8-14(13)21-15(17)18/h4-5,7-8,12,15,19H,6,9-11H2,1-3H3. The highest BCUT2D eigenvalue weighted by Crippen LogP contribution is 2.36. The molecule has 1 aromatic carbocycles. The lowest BCUT2D eigenvalue weighted by atomic mass is 9.75. The molecule has 3 nitrogen and oxygen atoms in total. The normalized spacial score (nSPS) is 18.6. The Morgan fingerprint density at radius 1 is 1.29 bits per heavy atom. The van der Waals surface area contributed by atoms with Gasteiger partial charge in [-0.25, -0.2) is 0 Å². The van der Waals surface area contributed by atoms with E-state index >= 15 is 0 Å². The molecule has 1 fully saturated rings. The van der Waals surface area contributed by atoms with E-state index in [9.17, 15) is 8.78 Å². The van der Waals surface area contributed by atoms with Crippen molar-refractivity contribution in [2.75, 3.05) is 20.6 Å². The van der Waals surface area contributed by atoms with Gasteiger partial charge in [-0.15, -0.1) is 0 Å². The van der Waals surface area contributed by atoms with Gasteiger partial charge in [0, 0.05) is 23.7 Å². The van der Waals surface area contributed by atoms with E-state index in [1.54, 1.807) is 12.1 Å². The zero-order valence-electron chi connectivity index (χ0n) is 12.9. The van der Waals surface area contributed by atoms with E-state index in [1.807, 2.05) is 19.1 Å². The summed E-state index contributed by atoms with van der Waals surface area (Å²) in [6, 6.07) is 6.94. The first-order valence-electron chi connectivity index (χ1n) is 7.39. The molecule has 1 aliphatic rings. The Kier molecular flexibility index (Phi) is 5.17. The molecule has 0 bridgehead atoms. The average Bonchev–Trinajstić information content (AvgIpc) is 2.36. The number of likely N-dealkylation sites (N-methyl/N-ethyl adjacent to an activating group) is 1. The van der Waals surface area contributed by atoms with Gasteiger partial charge >= 0.3 is 6.61 Å². The minimum atomic E-state index is -2.79. The van der Waals surface area contributed by atoms with Crippen LogP contribution in [0.25, 0.3) is 0 Å². The smallest absolute Gasteiger partial charge is 0.387 e. The molecule has 1 unspecified atom stereocenters. The lowest BCUT2D eigenvalue weighted by Gasteiger charge is -2.48. The summed E-state index contributed by atoms with van der Waals surface area (Å²) in [6.45, 7) is 0.0398. The SMILES string of the molecule is CC(NCC1(N(C)C)CCC1)c1ccccc1OC(F)F. The summed E-state index contributed by atoms with van der Waals surface area (Å²) in [5.74, 6) is 0.250. The molecule has 0 spiro atoms. The minimum absolute atomic E-state index is 0.0302. The number of alkyl halides is 2. The second kappa shape index (κ2) is 6.71. The van der Waals surface area contributed by atoms with Gasteiger partial charge < -0.3 is 15.0 Å². The maximum Gasteiger partial charge on any atom is 0.387 e. The molecule has 1 N–H and O–H groups in total. The van der Waals surface area contributed by atoms with Crippen LogP contribution in [0.2, 0.25) is 0 Å². The van der Waals surface area contributed by atoms with Crippen LogP contribution in [0.1, 0.15) is 37.8 Å². The number of nitrogens with zero attached hydrogens (tertiary/aromatic N) is 1. The molecule has 118 valence electrons. The molecule has 1 aromatic rings. The van der Waals surface area contributed by atoms with Crippen LogP contribution < -0.4 is 10.1 Å². The van der Waals surface area contributed by atoms with Gasteiger partial charge in [-0.05, 0) is 46.3 Å². The van der Waals surface area contributed by atoms with E-state index in [0.29, 0.717) is 0 Å². The Morgan fingerprint density at radius 2 is 1.95 bits per heavy atom. The molecule has 0 heterocycles. The number of para-hydroxylation sites is 1. The van der Waals surface area contributed by atoms with Gasteiger partial charge in [0.05, 0.1) is 0 Å². The second-order valence-corrected chi connectivity index (χ2v) is 5.99. The van der Waals surface area contributed by atoms with Gasteiger partial charge in [-0.3, -0.25) is 0 Å². The first-order valence-corrected chi connectivity index (χ1v) is 7.39. The molecule has 0 saturated heterocycles. The van der Waals surface area contributed by atoms with Gasteiger partial charge in [-0.1, -0.05) is 18.2 Å². The predicted octanol–water partition coefficient (Wildman–Crippen LogP) is 3.42. The number of benzene rings is 1. The number of halogens is 2. The Labute approximate surface area is 125 Å². The summed E-state index contributed by atoms with van der Waals surface area (Å²) in [4.78, 5) is 2.26. The van der Waals surface area contributed by atoms with E-state index in [0.717, 1.165) is 12.1 Å². The van der Waals surface area contributed by atoms with E-state index < -0.39 is 6.61 Å². The van der Waals surface area contributed by atoms with Crippen LogP contribution in [0.4, 0.5) is 8.78 Å². The summed E-state index contributed by atoms with van der Waals surface area (Å²) in [5, 5.41) is 3.47. The first kappa shape index (κ1) is 16.2. The van der Waals surface area contributed by atoms with Crippen LogP contribution >= 0.6 is 0 Å². The summed E-state index contributed by atoms with van der Waals surface area (Å²) >= 11 is 0. The lowest BCUT2D eigenvalue weighted by molar-refractivity contribution is -0.0507. The lowest BCUT2D eigenvalue weighted by Crippen LogP contribution is -2.56. The average molecular weight is 298 g/mol.